The monoisotopic (exact) mass is 331 g/mol. The molecule has 0 radical (unpaired) electrons. The van der Waals surface area contributed by atoms with Gasteiger partial charge in [-0.25, -0.2) is 8.78 Å². The van der Waals surface area contributed by atoms with Gasteiger partial charge >= 0.3 is 0 Å². The van der Waals surface area contributed by atoms with Crippen LogP contribution in [0.1, 0.15) is 50.7 Å². The zero-order valence-corrected chi connectivity index (χ0v) is 14.0. The number of aromatic hydroxyl groups is 1. The maximum absolute atomic E-state index is 13.4. The first kappa shape index (κ1) is 16.4. The highest BCUT2D eigenvalue weighted by Gasteiger charge is 2.18. The van der Waals surface area contributed by atoms with E-state index in [1.54, 1.807) is 6.07 Å². The molecule has 6 heteroatoms. The van der Waals surface area contributed by atoms with E-state index in [9.17, 15) is 13.9 Å². The normalized spacial score (nSPS) is 11.8. The van der Waals surface area contributed by atoms with Crippen molar-refractivity contribution in [1.82, 2.24) is 15.0 Å². The fourth-order valence-corrected chi connectivity index (χ4v) is 2.61. The molecule has 24 heavy (non-hydrogen) atoms. The van der Waals surface area contributed by atoms with Gasteiger partial charge in [0.25, 0.3) is 0 Å². The Morgan fingerprint density at radius 2 is 1.42 bits per heavy atom. The van der Waals surface area contributed by atoms with Gasteiger partial charge in [0.1, 0.15) is 22.5 Å². The second kappa shape index (κ2) is 5.85. The molecule has 0 fully saturated rings. The van der Waals surface area contributed by atoms with Crippen molar-refractivity contribution in [3.8, 4) is 11.4 Å². The van der Waals surface area contributed by atoms with Gasteiger partial charge in [-0.15, -0.1) is 15.0 Å². The fourth-order valence-electron chi connectivity index (χ4n) is 2.61. The number of phenolic OH excluding ortho intramolecular Hbond substituents is 1. The fraction of sp³-hybridized carbons (Fsp3) is 0.333. The molecule has 1 aromatic heterocycles. The Labute approximate surface area is 138 Å². The lowest BCUT2D eigenvalue weighted by molar-refractivity contribution is 0.457. The predicted octanol–water partition coefficient (Wildman–Crippen LogP) is 4.65. The molecular weight excluding hydrogens is 312 g/mol. The molecule has 1 heterocycles. The third-order valence-electron chi connectivity index (χ3n) is 4.07. The van der Waals surface area contributed by atoms with E-state index in [0.717, 1.165) is 23.3 Å². The van der Waals surface area contributed by atoms with E-state index in [0.29, 0.717) is 5.69 Å². The molecule has 2 aromatic carbocycles. The third kappa shape index (κ3) is 2.72. The summed E-state index contributed by atoms with van der Waals surface area (Å²) in [5.41, 5.74) is 2.69. The molecule has 0 atom stereocenters. The molecule has 0 unspecified atom stereocenters. The summed E-state index contributed by atoms with van der Waals surface area (Å²) in [5.74, 6) is -1.50. The highest BCUT2D eigenvalue weighted by atomic mass is 19.2. The van der Waals surface area contributed by atoms with Crippen molar-refractivity contribution < 1.29 is 13.9 Å². The van der Waals surface area contributed by atoms with Crippen LogP contribution in [-0.2, 0) is 0 Å². The average molecular weight is 331 g/mol. The molecule has 3 aromatic rings. The Bertz CT molecular complexity index is 877. The topological polar surface area (TPSA) is 50.9 Å². The van der Waals surface area contributed by atoms with E-state index in [4.69, 9.17) is 0 Å². The summed E-state index contributed by atoms with van der Waals surface area (Å²) in [6, 6.07) is 5.77. The Morgan fingerprint density at radius 3 is 1.88 bits per heavy atom. The average Bonchev–Trinajstić information content (AvgIpc) is 2.89. The van der Waals surface area contributed by atoms with Gasteiger partial charge in [0, 0.05) is 12.1 Å². The highest BCUT2D eigenvalue weighted by Crippen LogP contribution is 2.35. The zero-order valence-electron chi connectivity index (χ0n) is 14.0. The zero-order chi connectivity index (χ0) is 17.6. The van der Waals surface area contributed by atoms with Gasteiger partial charge < -0.3 is 5.11 Å². The van der Waals surface area contributed by atoms with Gasteiger partial charge in [0.2, 0.25) is 0 Å². The van der Waals surface area contributed by atoms with E-state index in [-0.39, 0.29) is 28.6 Å². The van der Waals surface area contributed by atoms with E-state index in [2.05, 4.69) is 24.0 Å². The summed E-state index contributed by atoms with van der Waals surface area (Å²) >= 11 is 0. The minimum absolute atomic E-state index is 0.0793. The largest absolute Gasteiger partial charge is 0.505 e. The van der Waals surface area contributed by atoms with Crippen LogP contribution in [0.25, 0.3) is 16.7 Å². The van der Waals surface area contributed by atoms with Crippen LogP contribution in [-0.4, -0.2) is 20.1 Å². The molecule has 0 spiro atoms. The Morgan fingerprint density at radius 1 is 0.875 bits per heavy atom. The van der Waals surface area contributed by atoms with Crippen molar-refractivity contribution in [2.45, 2.75) is 39.5 Å². The summed E-state index contributed by atoms with van der Waals surface area (Å²) in [7, 11) is 0. The van der Waals surface area contributed by atoms with E-state index in [1.165, 1.54) is 4.80 Å². The van der Waals surface area contributed by atoms with Crippen LogP contribution >= 0.6 is 0 Å². The maximum atomic E-state index is 13.4. The second-order valence-electron chi connectivity index (χ2n) is 6.53. The number of hydrogen-bond donors (Lipinski definition) is 1. The first-order valence-electron chi connectivity index (χ1n) is 7.87. The van der Waals surface area contributed by atoms with Crippen LogP contribution in [0.15, 0.2) is 24.3 Å². The van der Waals surface area contributed by atoms with Crippen LogP contribution in [0.2, 0.25) is 0 Å². The Hall–Kier alpha value is -2.50. The van der Waals surface area contributed by atoms with Crippen molar-refractivity contribution in [3.63, 3.8) is 0 Å². The second-order valence-corrected chi connectivity index (χ2v) is 6.53. The van der Waals surface area contributed by atoms with Gasteiger partial charge in [-0.3, -0.25) is 0 Å². The highest BCUT2D eigenvalue weighted by molar-refractivity contribution is 5.74. The third-order valence-corrected chi connectivity index (χ3v) is 4.07. The van der Waals surface area contributed by atoms with Crippen LogP contribution in [0, 0.1) is 11.6 Å². The van der Waals surface area contributed by atoms with Crippen molar-refractivity contribution in [2.24, 2.45) is 0 Å². The molecule has 4 nitrogen and oxygen atoms in total. The van der Waals surface area contributed by atoms with Crippen molar-refractivity contribution in [1.29, 1.82) is 0 Å². The summed E-state index contributed by atoms with van der Waals surface area (Å²) in [6.45, 7) is 8.08. The van der Waals surface area contributed by atoms with Gasteiger partial charge in [0.15, 0.2) is 11.6 Å². The SMILES string of the molecule is CC(C)c1cc(C(C)C)c(O)c(-n2nc3cc(F)c(F)cc3n2)c1. The van der Waals surface area contributed by atoms with E-state index in [1.807, 2.05) is 19.9 Å². The van der Waals surface area contributed by atoms with Crippen molar-refractivity contribution in [3.05, 3.63) is 47.0 Å². The smallest absolute Gasteiger partial charge is 0.161 e. The van der Waals surface area contributed by atoms with Crippen LogP contribution in [0.4, 0.5) is 8.78 Å². The first-order valence-corrected chi connectivity index (χ1v) is 7.87. The molecule has 1 N–H and O–H groups in total. The van der Waals surface area contributed by atoms with E-state index < -0.39 is 11.6 Å². The van der Waals surface area contributed by atoms with Crippen molar-refractivity contribution >= 4 is 11.0 Å². The predicted molar refractivity (Wildman–Crippen MR) is 88.6 cm³/mol. The molecule has 0 bridgehead atoms. The number of phenols is 1. The molecule has 0 amide bonds. The van der Waals surface area contributed by atoms with Gasteiger partial charge in [-0.05, 0) is 29.0 Å². The quantitative estimate of drug-likeness (QED) is 0.760. The minimum Gasteiger partial charge on any atom is -0.505 e. The number of fused-ring (bicyclic) bond motifs is 1. The van der Waals surface area contributed by atoms with Crippen molar-refractivity contribution in [2.75, 3.05) is 0 Å². The molecule has 3 rings (SSSR count). The summed E-state index contributed by atoms with van der Waals surface area (Å²) < 4.78 is 26.8. The lowest BCUT2D eigenvalue weighted by atomic mass is 9.94. The number of benzene rings is 2. The molecule has 0 aliphatic heterocycles. The maximum Gasteiger partial charge on any atom is 0.161 e. The lowest BCUT2D eigenvalue weighted by Gasteiger charge is -2.16. The lowest BCUT2D eigenvalue weighted by Crippen LogP contribution is -2.04. The number of rotatable bonds is 3. The Balaban J connectivity index is 2.24. The minimum atomic E-state index is -0.974. The Kier molecular flexibility index (Phi) is 3.99. The molecule has 0 saturated heterocycles. The van der Waals surface area contributed by atoms with Crippen LogP contribution < -0.4 is 0 Å². The number of aromatic nitrogens is 3. The molecule has 0 aliphatic carbocycles. The first-order chi connectivity index (χ1) is 11.3. The van der Waals surface area contributed by atoms with Crippen LogP contribution in [0.3, 0.4) is 0 Å². The number of nitrogens with zero attached hydrogens (tertiary/aromatic N) is 3. The standard InChI is InChI=1S/C18H19F2N3O/c1-9(2)11-5-12(10(3)4)18(24)17(6-11)23-21-15-7-13(19)14(20)8-16(15)22-23/h5-10,24H,1-4H3. The summed E-state index contributed by atoms with van der Waals surface area (Å²) in [5, 5.41) is 19.0. The molecule has 126 valence electrons. The summed E-state index contributed by atoms with van der Waals surface area (Å²) in [4.78, 5) is 1.23. The van der Waals surface area contributed by atoms with Gasteiger partial charge in [-0.1, -0.05) is 33.8 Å². The van der Waals surface area contributed by atoms with Gasteiger partial charge in [-0.2, -0.15) is 0 Å². The molecular formula is C18H19F2N3O. The van der Waals surface area contributed by atoms with Crippen LogP contribution in [0.5, 0.6) is 5.75 Å². The number of halogens is 2. The van der Waals surface area contributed by atoms with E-state index >= 15 is 0 Å². The molecule has 0 saturated carbocycles. The summed E-state index contributed by atoms with van der Waals surface area (Å²) in [6.07, 6.45) is 0. The molecule has 0 aliphatic rings. The number of hydrogen-bond acceptors (Lipinski definition) is 3. The van der Waals surface area contributed by atoms with Gasteiger partial charge in [0.05, 0.1) is 0 Å².